The third-order valence-corrected chi connectivity index (χ3v) is 12.9. The zero-order chi connectivity index (χ0) is 35.2. The molecule has 2 saturated heterocycles. The fourth-order valence-electron chi connectivity index (χ4n) is 5.38. The zero-order valence-electron chi connectivity index (χ0n) is 26.9. The number of amides is 2. The number of nitrogens with one attached hydrogen (secondary N) is 1. The molecule has 49 heavy (non-hydrogen) atoms. The zero-order valence-corrected chi connectivity index (χ0v) is 30.1. The number of hydrogen-bond acceptors (Lipinski definition) is 12. The van der Waals surface area contributed by atoms with Gasteiger partial charge in [-0.2, -0.15) is 0 Å². The minimum absolute atomic E-state index is 0.0215. The van der Waals surface area contributed by atoms with E-state index in [0.717, 1.165) is 25.7 Å². The first-order chi connectivity index (χ1) is 23.5. The molecule has 4 aromatic rings. The van der Waals surface area contributed by atoms with Crippen molar-refractivity contribution in [3.05, 3.63) is 72.5 Å². The highest BCUT2D eigenvalue weighted by atomic mass is 32.2. The third-order valence-electron chi connectivity index (χ3n) is 8.09. The Morgan fingerprint density at radius 3 is 1.82 bits per heavy atom. The number of pyridine rings is 2. The van der Waals surface area contributed by atoms with Crippen molar-refractivity contribution in [1.82, 2.24) is 19.9 Å². The van der Waals surface area contributed by atoms with Crippen LogP contribution in [0.4, 0.5) is 21.9 Å². The standard InChI is InChI=1S/C17H20N4O3S2.C14H16N4O3S2/c1-3-9-21(17-18-8-11-25-17)26(23,24)14-5-6-15(19-12-14)20-10-7-13(4-2)16(20)22;1-2-10-5-7-18(13(10)19)12-4-3-11(9-16-12)23(20,21)17-14-15-6-8-22-14/h3,5-6,8,11-13H,1,4,7,9-10H2,2H3;3-4,6,8-10H,2,5,7H2,1H3,(H,15,17)/t13-;10-/m00/s1. The molecule has 2 aliphatic rings. The van der Waals surface area contributed by atoms with Crippen molar-refractivity contribution in [2.45, 2.75) is 49.3 Å². The lowest BCUT2D eigenvalue weighted by molar-refractivity contribution is -0.121. The molecular formula is C31H36N8O6S4. The molecule has 260 valence electrons. The molecule has 6 heterocycles. The Morgan fingerprint density at radius 2 is 1.39 bits per heavy atom. The van der Waals surface area contributed by atoms with E-state index in [2.05, 4.69) is 31.2 Å². The Kier molecular flexibility index (Phi) is 11.4. The van der Waals surface area contributed by atoms with Crippen LogP contribution in [0.2, 0.25) is 0 Å². The maximum Gasteiger partial charge on any atom is 0.267 e. The second-order valence-corrected chi connectivity index (χ2v) is 16.4. The van der Waals surface area contributed by atoms with Crippen LogP contribution in [0.25, 0.3) is 0 Å². The van der Waals surface area contributed by atoms with E-state index in [9.17, 15) is 26.4 Å². The SMILES string of the molecule is C=CCN(c1nccs1)S(=O)(=O)c1ccc(N2CC[C@H](CC)C2=O)nc1.CC[C@H]1CCN(c2ccc(S(=O)(=O)Nc3nccs3)cn2)C1=O. The predicted octanol–water partition coefficient (Wildman–Crippen LogP) is 4.78. The Hall–Kier alpha value is -4.26. The minimum atomic E-state index is -3.81. The molecule has 0 aliphatic carbocycles. The highest BCUT2D eigenvalue weighted by molar-refractivity contribution is 7.93. The summed E-state index contributed by atoms with van der Waals surface area (Å²) in [5, 5.41) is 4.07. The molecule has 18 heteroatoms. The van der Waals surface area contributed by atoms with E-state index in [1.54, 1.807) is 38.9 Å². The normalized spacial score (nSPS) is 17.9. The number of rotatable bonds is 12. The highest BCUT2D eigenvalue weighted by Crippen LogP contribution is 2.29. The summed E-state index contributed by atoms with van der Waals surface area (Å²) in [5.41, 5.74) is 0. The van der Waals surface area contributed by atoms with Crippen LogP contribution >= 0.6 is 22.7 Å². The maximum absolute atomic E-state index is 12.9. The molecule has 14 nitrogen and oxygen atoms in total. The van der Waals surface area contributed by atoms with Gasteiger partial charge in [-0.15, -0.1) is 29.3 Å². The van der Waals surface area contributed by atoms with Gasteiger partial charge >= 0.3 is 0 Å². The molecule has 0 bridgehead atoms. The number of sulfonamides is 2. The molecule has 2 atom stereocenters. The number of anilines is 4. The topological polar surface area (TPSA) is 176 Å². The third kappa shape index (κ3) is 7.98. The lowest BCUT2D eigenvalue weighted by Crippen LogP contribution is -2.31. The summed E-state index contributed by atoms with van der Waals surface area (Å²) >= 11 is 2.43. The summed E-state index contributed by atoms with van der Waals surface area (Å²) in [7, 11) is -7.53. The van der Waals surface area contributed by atoms with Crippen molar-refractivity contribution < 1.29 is 26.4 Å². The van der Waals surface area contributed by atoms with Gasteiger partial charge in [-0.25, -0.2) is 41.1 Å². The Morgan fingerprint density at radius 1 is 0.837 bits per heavy atom. The van der Waals surface area contributed by atoms with Crippen LogP contribution in [0.3, 0.4) is 0 Å². The van der Waals surface area contributed by atoms with Gasteiger partial charge in [-0.3, -0.25) is 24.1 Å². The summed E-state index contributed by atoms with van der Waals surface area (Å²) in [6, 6.07) is 6.07. The Bertz CT molecular complexity index is 1950. The first kappa shape index (κ1) is 36.0. The summed E-state index contributed by atoms with van der Waals surface area (Å²) in [6.07, 6.45) is 10.3. The van der Waals surface area contributed by atoms with Crippen molar-refractivity contribution in [3.63, 3.8) is 0 Å². The van der Waals surface area contributed by atoms with Crippen molar-refractivity contribution in [1.29, 1.82) is 0 Å². The van der Waals surface area contributed by atoms with E-state index in [1.165, 1.54) is 63.8 Å². The number of thiazole rings is 2. The van der Waals surface area contributed by atoms with Crippen LogP contribution in [-0.4, -0.2) is 68.2 Å². The van der Waals surface area contributed by atoms with Gasteiger partial charge in [0.25, 0.3) is 20.0 Å². The molecule has 2 aliphatic heterocycles. The smallest absolute Gasteiger partial charge is 0.267 e. The molecule has 0 unspecified atom stereocenters. The molecule has 0 aromatic carbocycles. The van der Waals surface area contributed by atoms with E-state index >= 15 is 0 Å². The largest absolute Gasteiger partial charge is 0.297 e. The van der Waals surface area contributed by atoms with Crippen LogP contribution in [0, 0.1) is 11.8 Å². The average Bonchev–Trinajstić information content (AvgIpc) is 3.93. The van der Waals surface area contributed by atoms with Gasteiger partial charge in [0.2, 0.25) is 11.8 Å². The van der Waals surface area contributed by atoms with Gasteiger partial charge in [-0.05, 0) is 49.9 Å². The highest BCUT2D eigenvalue weighted by Gasteiger charge is 2.33. The van der Waals surface area contributed by atoms with Crippen LogP contribution in [-0.2, 0) is 29.6 Å². The van der Waals surface area contributed by atoms with Gasteiger partial charge in [0.15, 0.2) is 10.3 Å². The second kappa shape index (κ2) is 15.5. The van der Waals surface area contributed by atoms with Gasteiger partial charge in [0.1, 0.15) is 21.4 Å². The molecule has 2 amide bonds. The minimum Gasteiger partial charge on any atom is -0.297 e. The summed E-state index contributed by atoms with van der Waals surface area (Å²) in [5.74, 6) is 1.12. The predicted molar refractivity (Wildman–Crippen MR) is 190 cm³/mol. The molecule has 0 spiro atoms. The Balaban J connectivity index is 0.000000192. The second-order valence-electron chi connectivity index (χ2n) is 11.1. The van der Waals surface area contributed by atoms with E-state index in [4.69, 9.17) is 0 Å². The summed E-state index contributed by atoms with van der Waals surface area (Å²) in [4.78, 5) is 44.1. The van der Waals surface area contributed by atoms with Gasteiger partial charge < -0.3 is 0 Å². The number of aromatic nitrogens is 4. The number of hydrogen-bond donors (Lipinski definition) is 1. The summed E-state index contributed by atoms with van der Waals surface area (Å²) < 4.78 is 53.9. The molecule has 4 aromatic heterocycles. The van der Waals surface area contributed by atoms with Crippen LogP contribution in [0.5, 0.6) is 0 Å². The van der Waals surface area contributed by atoms with Crippen LogP contribution in [0.15, 0.2) is 82.3 Å². The lowest BCUT2D eigenvalue weighted by Gasteiger charge is -2.20. The van der Waals surface area contributed by atoms with Crippen LogP contribution in [0.1, 0.15) is 39.5 Å². The van der Waals surface area contributed by atoms with Gasteiger partial charge in [0.05, 0.1) is 6.54 Å². The first-order valence-corrected chi connectivity index (χ1v) is 20.2. The van der Waals surface area contributed by atoms with Gasteiger partial charge in [0, 0.05) is 60.5 Å². The summed E-state index contributed by atoms with van der Waals surface area (Å²) in [6.45, 7) is 8.93. The van der Waals surface area contributed by atoms with Crippen molar-refractivity contribution in [2.75, 3.05) is 38.5 Å². The number of carbonyl (C=O) groups excluding carboxylic acids is 2. The quantitative estimate of drug-likeness (QED) is 0.199. The fraction of sp³-hybridized carbons (Fsp3) is 0.355. The van der Waals surface area contributed by atoms with Crippen molar-refractivity contribution >= 4 is 76.4 Å². The van der Waals surface area contributed by atoms with Crippen LogP contribution < -0.4 is 18.8 Å². The lowest BCUT2D eigenvalue weighted by atomic mass is 10.1. The van der Waals surface area contributed by atoms with E-state index in [-0.39, 0.29) is 40.0 Å². The van der Waals surface area contributed by atoms with E-state index in [1.807, 2.05) is 13.8 Å². The van der Waals surface area contributed by atoms with Gasteiger partial charge in [-0.1, -0.05) is 19.9 Å². The number of carbonyl (C=O) groups is 2. The number of nitrogens with zero attached hydrogens (tertiary/aromatic N) is 7. The molecule has 0 radical (unpaired) electrons. The van der Waals surface area contributed by atoms with Crippen molar-refractivity contribution in [2.24, 2.45) is 11.8 Å². The molecule has 1 N–H and O–H groups in total. The molecule has 2 fully saturated rings. The average molecular weight is 745 g/mol. The molecule has 6 rings (SSSR count). The fourth-order valence-corrected chi connectivity index (χ4v) is 9.33. The molecule has 0 saturated carbocycles. The van der Waals surface area contributed by atoms with Crippen molar-refractivity contribution in [3.8, 4) is 0 Å². The van der Waals surface area contributed by atoms with E-state index in [0.29, 0.717) is 35.0 Å². The monoisotopic (exact) mass is 744 g/mol. The Labute approximate surface area is 293 Å². The molecular weight excluding hydrogens is 709 g/mol. The van der Waals surface area contributed by atoms with E-state index < -0.39 is 20.0 Å². The maximum atomic E-state index is 12.9. The first-order valence-electron chi connectivity index (χ1n) is 15.5.